The minimum Gasteiger partial charge on any atom is -0.464 e. The van der Waals surface area contributed by atoms with Gasteiger partial charge >= 0.3 is 5.97 Å². The van der Waals surface area contributed by atoms with Crippen molar-refractivity contribution >= 4 is 11.8 Å². The van der Waals surface area contributed by atoms with Crippen LogP contribution in [0.3, 0.4) is 0 Å². The van der Waals surface area contributed by atoms with Crippen molar-refractivity contribution in [2.24, 2.45) is 5.92 Å². The smallest absolute Gasteiger partial charge is 0.358 e. The molecule has 0 aromatic carbocycles. The monoisotopic (exact) mass is 279 g/mol. The number of rotatable bonds is 4. The lowest BCUT2D eigenvalue weighted by Gasteiger charge is -2.35. The van der Waals surface area contributed by atoms with E-state index in [1.54, 1.807) is 12.1 Å². The van der Waals surface area contributed by atoms with E-state index in [0.717, 1.165) is 25.7 Å². The van der Waals surface area contributed by atoms with Crippen molar-refractivity contribution in [3.8, 4) is 0 Å². The lowest BCUT2D eigenvalue weighted by atomic mass is 9.79. The maximum absolute atomic E-state index is 11.2. The summed E-state index contributed by atoms with van der Waals surface area (Å²) in [6.45, 7) is 2.66. The largest absolute Gasteiger partial charge is 0.464 e. The van der Waals surface area contributed by atoms with Gasteiger partial charge in [-0.25, -0.2) is 4.79 Å². The molecule has 1 heterocycles. The van der Waals surface area contributed by atoms with Gasteiger partial charge in [0.2, 0.25) is 0 Å². The van der Waals surface area contributed by atoms with E-state index in [1.165, 1.54) is 7.11 Å². The van der Waals surface area contributed by atoms with Crippen molar-refractivity contribution in [2.45, 2.75) is 38.2 Å². The van der Waals surface area contributed by atoms with Gasteiger partial charge in [-0.3, -0.25) is 0 Å². The Bertz CT molecular complexity index is 453. The Hall–Kier alpha value is -1.69. The summed E-state index contributed by atoms with van der Waals surface area (Å²) in [4.78, 5) is 11.2. The molecule has 1 saturated carbocycles. The summed E-state index contributed by atoms with van der Waals surface area (Å²) >= 11 is 0. The van der Waals surface area contributed by atoms with Crippen molar-refractivity contribution in [3.05, 3.63) is 17.8 Å². The third kappa shape index (κ3) is 3.66. The van der Waals surface area contributed by atoms with Gasteiger partial charge in [-0.1, -0.05) is 6.92 Å². The average Bonchev–Trinajstić information content (AvgIpc) is 2.48. The fourth-order valence-electron chi connectivity index (χ4n) is 2.37. The van der Waals surface area contributed by atoms with Crippen LogP contribution in [0.2, 0.25) is 0 Å². The number of ether oxygens (including phenoxy) is 1. The number of hydrogen-bond acceptors (Lipinski definition) is 6. The first-order valence-electron chi connectivity index (χ1n) is 6.91. The Morgan fingerprint density at radius 2 is 2.15 bits per heavy atom. The number of nitrogens with one attached hydrogen (secondary N) is 1. The first-order valence-corrected chi connectivity index (χ1v) is 6.91. The quantitative estimate of drug-likeness (QED) is 0.815. The van der Waals surface area contributed by atoms with Crippen LogP contribution in [0.25, 0.3) is 0 Å². The minimum atomic E-state index is -0.671. The van der Waals surface area contributed by atoms with Crippen LogP contribution < -0.4 is 5.32 Å². The van der Waals surface area contributed by atoms with Gasteiger partial charge < -0.3 is 15.2 Å². The second-order valence-electron chi connectivity index (χ2n) is 5.56. The summed E-state index contributed by atoms with van der Waals surface area (Å²) in [5.74, 6) is 0.725. The zero-order valence-corrected chi connectivity index (χ0v) is 11.9. The maximum atomic E-state index is 11.2. The molecule has 0 saturated heterocycles. The molecule has 20 heavy (non-hydrogen) atoms. The number of methoxy groups -OCH3 is 1. The molecule has 1 fully saturated rings. The third-order valence-corrected chi connectivity index (χ3v) is 3.86. The van der Waals surface area contributed by atoms with Gasteiger partial charge in [-0.05, 0) is 43.7 Å². The molecule has 0 aliphatic heterocycles. The van der Waals surface area contributed by atoms with Gasteiger partial charge in [0.05, 0.1) is 12.7 Å². The third-order valence-electron chi connectivity index (χ3n) is 3.86. The van der Waals surface area contributed by atoms with Crippen LogP contribution >= 0.6 is 0 Å². The van der Waals surface area contributed by atoms with Gasteiger partial charge in [0.25, 0.3) is 0 Å². The van der Waals surface area contributed by atoms with E-state index in [1.807, 2.05) is 0 Å². The number of esters is 1. The number of aromatic nitrogens is 2. The summed E-state index contributed by atoms with van der Waals surface area (Å²) in [7, 11) is 1.30. The molecule has 0 bridgehead atoms. The van der Waals surface area contributed by atoms with Crippen LogP contribution in [0.4, 0.5) is 5.82 Å². The highest BCUT2D eigenvalue weighted by molar-refractivity contribution is 5.86. The summed E-state index contributed by atoms with van der Waals surface area (Å²) < 4.78 is 4.56. The molecule has 110 valence electrons. The molecule has 2 rings (SSSR count). The molecule has 6 nitrogen and oxygen atoms in total. The first-order chi connectivity index (χ1) is 9.52. The van der Waals surface area contributed by atoms with Crippen molar-refractivity contribution in [2.75, 3.05) is 19.0 Å². The molecular formula is C14H21N3O3. The SMILES string of the molecule is COC(=O)c1ccc(NCC2(O)CCC(C)CC2)nn1. The van der Waals surface area contributed by atoms with Gasteiger partial charge in [-0.2, -0.15) is 0 Å². The molecule has 0 spiro atoms. The van der Waals surface area contributed by atoms with Crippen molar-refractivity contribution < 1.29 is 14.6 Å². The average molecular weight is 279 g/mol. The number of carbonyl (C=O) groups excluding carboxylic acids is 1. The highest BCUT2D eigenvalue weighted by atomic mass is 16.5. The highest BCUT2D eigenvalue weighted by Crippen LogP contribution is 2.31. The molecule has 0 amide bonds. The number of aliphatic hydroxyl groups is 1. The van der Waals surface area contributed by atoms with Gasteiger partial charge in [0.15, 0.2) is 5.69 Å². The van der Waals surface area contributed by atoms with Crippen molar-refractivity contribution in [1.82, 2.24) is 10.2 Å². The molecule has 0 atom stereocenters. The van der Waals surface area contributed by atoms with E-state index < -0.39 is 11.6 Å². The summed E-state index contributed by atoms with van der Waals surface area (Å²) in [5.41, 5.74) is -0.502. The molecule has 1 aliphatic carbocycles. The van der Waals surface area contributed by atoms with Gasteiger partial charge in [-0.15, -0.1) is 10.2 Å². The number of carbonyl (C=O) groups is 1. The summed E-state index contributed by atoms with van der Waals surface area (Å²) in [6, 6.07) is 3.21. The summed E-state index contributed by atoms with van der Waals surface area (Å²) in [6.07, 6.45) is 3.69. The minimum absolute atomic E-state index is 0.170. The fraction of sp³-hybridized carbons (Fsp3) is 0.643. The topological polar surface area (TPSA) is 84.3 Å². The van der Waals surface area contributed by atoms with E-state index >= 15 is 0 Å². The van der Waals surface area contributed by atoms with Crippen molar-refractivity contribution in [1.29, 1.82) is 0 Å². The van der Waals surface area contributed by atoms with E-state index in [9.17, 15) is 9.90 Å². The van der Waals surface area contributed by atoms with Crippen LogP contribution in [-0.2, 0) is 4.74 Å². The standard InChI is InChI=1S/C14H21N3O3/c1-10-5-7-14(19,8-6-10)9-15-12-4-3-11(16-17-12)13(18)20-2/h3-4,10,19H,5-9H2,1-2H3,(H,15,17). The normalized spacial score (nSPS) is 26.1. The van der Waals surface area contributed by atoms with Gasteiger partial charge in [0.1, 0.15) is 5.82 Å². The highest BCUT2D eigenvalue weighted by Gasteiger charge is 2.31. The van der Waals surface area contributed by atoms with E-state index in [2.05, 4.69) is 27.2 Å². The van der Waals surface area contributed by atoms with E-state index in [4.69, 9.17) is 0 Å². The van der Waals surface area contributed by atoms with Crippen LogP contribution in [0.5, 0.6) is 0 Å². The van der Waals surface area contributed by atoms with Gasteiger partial charge in [0, 0.05) is 6.54 Å². The number of nitrogens with zero attached hydrogens (tertiary/aromatic N) is 2. The molecule has 1 aromatic heterocycles. The van der Waals surface area contributed by atoms with Crippen molar-refractivity contribution in [3.63, 3.8) is 0 Å². The van der Waals surface area contributed by atoms with E-state index in [0.29, 0.717) is 18.3 Å². The molecule has 0 radical (unpaired) electrons. The number of hydrogen-bond donors (Lipinski definition) is 2. The predicted molar refractivity (Wildman–Crippen MR) is 74.4 cm³/mol. The zero-order valence-electron chi connectivity index (χ0n) is 11.9. The Morgan fingerprint density at radius 3 is 2.70 bits per heavy atom. The molecule has 1 aromatic rings. The molecule has 1 aliphatic rings. The Labute approximate surface area is 118 Å². The van der Waals surface area contributed by atoms with Crippen LogP contribution in [0, 0.1) is 5.92 Å². The Balaban J connectivity index is 1.89. The van der Waals surface area contributed by atoms with Crippen LogP contribution in [-0.4, -0.2) is 40.5 Å². The second kappa shape index (κ2) is 6.17. The lowest BCUT2D eigenvalue weighted by Crippen LogP contribution is -2.40. The fourth-order valence-corrected chi connectivity index (χ4v) is 2.37. The molecule has 6 heteroatoms. The predicted octanol–water partition coefficient (Wildman–Crippen LogP) is 1.62. The maximum Gasteiger partial charge on any atom is 0.358 e. The van der Waals surface area contributed by atoms with E-state index in [-0.39, 0.29) is 5.69 Å². The first kappa shape index (κ1) is 14.7. The van der Waals surface area contributed by atoms with Crippen LogP contribution in [0.15, 0.2) is 12.1 Å². The van der Waals surface area contributed by atoms with Crippen LogP contribution in [0.1, 0.15) is 43.1 Å². The summed E-state index contributed by atoms with van der Waals surface area (Å²) in [5, 5.41) is 21.2. The molecule has 2 N–H and O–H groups in total. The Kier molecular flexibility index (Phi) is 4.54. The molecular weight excluding hydrogens is 258 g/mol. The molecule has 0 unspecified atom stereocenters. The Morgan fingerprint density at radius 1 is 1.45 bits per heavy atom. The zero-order chi connectivity index (χ0) is 14.6. The number of anilines is 1. The lowest BCUT2D eigenvalue weighted by molar-refractivity contribution is 0.00492. The second-order valence-corrected chi connectivity index (χ2v) is 5.56.